The van der Waals surface area contributed by atoms with Crippen LogP contribution in [0.2, 0.25) is 0 Å². The maximum atomic E-state index is 12.9. The number of primary amides is 1. The summed E-state index contributed by atoms with van der Waals surface area (Å²) in [4.78, 5) is 29.4. The van der Waals surface area contributed by atoms with E-state index in [2.05, 4.69) is 15.4 Å². The Bertz CT molecular complexity index is 1370. The molecule has 10 heteroatoms. The van der Waals surface area contributed by atoms with E-state index in [-0.39, 0.29) is 18.1 Å². The summed E-state index contributed by atoms with van der Waals surface area (Å²) in [6, 6.07) is 12.4. The monoisotopic (exact) mass is 462 g/mol. The average molecular weight is 463 g/mol. The van der Waals surface area contributed by atoms with Gasteiger partial charge in [-0.2, -0.15) is 5.10 Å². The first kappa shape index (κ1) is 22.8. The van der Waals surface area contributed by atoms with Crippen molar-refractivity contribution in [2.75, 3.05) is 12.4 Å². The van der Waals surface area contributed by atoms with Crippen LogP contribution in [-0.4, -0.2) is 38.3 Å². The minimum atomic E-state index is -0.592. The molecule has 0 saturated heterocycles. The van der Waals surface area contributed by atoms with Crippen molar-refractivity contribution >= 4 is 28.8 Å². The predicted molar refractivity (Wildman–Crippen MR) is 127 cm³/mol. The van der Waals surface area contributed by atoms with Gasteiger partial charge in [0.2, 0.25) is 11.9 Å². The van der Waals surface area contributed by atoms with Gasteiger partial charge >= 0.3 is 0 Å². The van der Waals surface area contributed by atoms with Crippen molar-refractivity contribution in [3.05, 3.63) is 65.0 Å². The highest BCUT2D eigenvalue weighted by Crippen LogP contribution is 2.30. The van der Waals surface area contributed by atoms with Gasteiger partial charge in [0.15, 0.2) is 0 Å². The van der Waals surface area contributed by atoms with Gasteiger partial charge in [-0.15, -0.1) is 0 Å². The second kappa shape index (κ2) is 9.26. The number of imidazole rings is 1. The van der Waals surface area contributed by atoms with Gasteiger partial charge in [0.05, 0.1) is 18.3 Å². The number of nitrogens with one attached hydrogen (secondary N) is 1. The number of anilines is 1. The summed E-state index contributed by atoms with van der Waals surface area (Å²) in [5.41, 5.74) is 9.00. The zero-order valence-electron chi connectivity index (χ0n) is 19.5. The molecule has 176 valence electrons. The molecule has 0 saturated carbocycles. The van der Waals surface area contributed by atoms with Crippen LogP contribution in [0.5, 0.6) is 11.5 Å². The number of benzene rings is 2. The second-order valence-corrected chi connectivity index (χ2v) is 7.78. The van der Waals surface area contributed by atoms with Crippen molar-refractivity contribution in [1.29, 1.82) is 0 Å². The van der Waals surface area contributed by atoms with Gasteiger partial charge in [-0.3, -0.25) is 19.6 Å². The number of nitrogens with zero attached hydrogens (tertiary/aromatic N) is 4. The summed E-state index contributed by atoms with van der Waals surface area (Å²) in [5, 5.41) is 7.15. The highest BCUT2D eigenvalue weighted by molar-refractivity contribution is 6.04. The maximum Gasteiger partial charge on any atom is 0.276 e. The van der Waals surface area contributed by atoms with E-state index in [9.17, 15) is 9.59 Å². The van der Waals surface area contributed by atoms with Crippen LogP contribution in [0, 0.1) is 6.92 Å². The number of ether oxygens (including phenoxy) is 2. The Labute approximate surface area is 196 Å². The van der Waals surface area contributed by atoms with Crippen molar-refractivity contribution in [1.82, 2.24) is 19.3 Å². The zero-order valence-corrected chi connectivity index (χ0v) is 19.5. The Morgan fingerprint density at radius 1 is 1.15 bits per heavy atom. The second-order valence-electron chi connectivity index (χ2n) is 7.78. The fourth-order valence-electron chi connectivity index (χ4n) is 3.64. The van der Waals surface area contributed by atoms with Crippen molar-refractivity contribution in [2.45, 2.75) is 27.0 Å². The van der Waals surface area contributed by atoms with E-state index in [1.807, 2.05) is 38.1 Å². The Hall–Kier alpha value is -4.34. The van der Waals surface area contributed by atoms with Gasteiger partial charge in [0.25, 0.3) is 5.91 Å². The summed E-state index contributed by atoms with van der Waals surface area (Å²) in [7, 11) is 3.34. The van der Waals surface area contributed by atoms with Crippen LogP contribution in [0.4, 0.5) is 5.95 Å². The fraction of sp³-hybridized carbons (Fsp3) is 0.250. The molecule has 0 aliphatic rings. The normalized spacial score (nSPS) is 10.9. The average Bonchev–Trinajstić information content (AvgIpc) is 3.37. The van der Waals surface area contributed by atoms with Crippen molar-refractivity contribution in [3.63, 3.8) is 0 Å². The molecule has 3 N–H and O–H groups in total. The van der Waals surface area contributed by atoms with E-state index in [1.54, 1.807) is 41.6 Å². The first-order chi connectivity index (χ1) is 16.3. The number of carbonyl (C=O) groups excluding carboxylic acids is 2. The van der Waals surface area contributed by atoms with Gasteiger partial charge in [0, 0.05) is 19.2 Å². The topological polar surface area (TPSA) is 126 Å². The zero-order chi connectivity index (χ0) is 24.4. The Morgan fingerprint density at radius 2 is 1.88 bits per heavy atom. The fourth-order valence-corrected chi connectivity index (χ4v) is 3.64. The smallest absolute Gasteiger partial charge is 0.276 e. The van der Waals surface area contributed by atoms with Gasteiger partial charge in [-0.1, -0.05) is 12.1 Å². The number of fused-ring (bicyclic) bond motifs is 1. The summed E-state index contributed by atoms with van der Waals surface area (Å²) in [6.07, 6.45) is 0. The molecule has 0 bridgehead atoms. The number of amides is 2. The number of aromatic nitrogens is 4. The van der Waals surface area contributed by atoms with E-state index >= 15 is 0 Å². The molecule has 2 amide bonds. The molecule has 2 heterocycles. The molecular weight excluding hydrogens is 436 g/mol. The van der Waals surface area contributed by atoms with Crippen LogP contribution in [-0.2, 0) is 20.2 Å². The summed E-state index contributed by atoms with van der Waals surface area (Å²) in [6.45, 7) is 4.55. The van der Waals surface area contributed by atoms with Crippen LogP contribution in [0.3, 0.4) is 0 Å². The Balaban J connectivity index is 1.67. The molecule has 10 nitrogen and oxygen atoms in total. The third kappa shape index (κ3) is 4.42. The Kier molecular flexibility index (Phi) is 6.22. The number of nitrogens with two attached hydrogens (primary N) is 1. The molecule has 0 aliphatic carbocycles. The lowest BCUT2D eigenvalue weighted by Gasteiger charge is -2.09. The molecule has 0 fully saturated rings. The quantitative estimate of drug-likeness (QED) is 0.414. The largest absolute Gasteiger partial charge is 0.497 e. The molecular formula is C24H26N6O4. The third-order valence-electron chi connectivity index (χ3n) is 5.45. The van der Waals surface area contributed by atoms with Crippen LogP contribution < -0.4 is 20.5 Å². The molecule has 0 aliphatic heterocycles. The lowest BCUT2D eigenvalue weighted by atomic mass is 10.1. The number of hydrogen-bond acceptors (Lipinski definition) is 6. The van der Waals surface area contributed by atoms with Crippen molar-refractivity contribution < 1.29 is 19.1 Å². The number of hydrogen-bond donors (Lipinski definition) is 2. The standard InChI is InChI=1S/C24H26N6O4/c1-5-30-19(10-14(2)28-30)23(32)27-24-26-21-18(29(24)3)11-16(22(25)31)12-20(21)34-13-15-6-8-17(33-4)9-7-15/h6-12H,5,13H2,1-4H3,(H2,25,31)(H,26,27,32). The SMILES string of the molecule is CCn1nc(C)cc1C(=O)Nc1nc2c(OCc3ccc(OC)cc3)cc(C(N)=O)cc2n1C. The minimum absolute atomic E-state index is 0.245. The highest BCUT2D eigenvalue weighted by Gasteiger charge is 2.20. The molecule has 4 rings (SSSR count). The van der Waals surface area contributed by atoms with E-state index in [0.717, 1.165) is 17.0 Å². The van der Waals surface area contributed by atoms with Crippen LogP contribution in [0.15, 0.2) is 42.5 Å². The molecule has 0 spiro atoms. The number of aryl methyl sites for hydroxylation is 3. The van der Waals surface area contributed by atoms with E-state index in [0.29, 0.717) is 35.0 Å². The van der Waals surface area contributed by atoms with E-state index in [4.69, 9.17) is 15.2 Å². The van der Waals surface area contributed by atoms with Gasteiger partial charge in [0.1, 0.15) is 29.3 Å². The molecule has 2 aromatic heterocycles. The molecule has 0 atom stereocenters. The van der Waals surface area contributed by atoms with Crippen molar-refractivity contribution in [3.8, 4) is 11.5 Å². The van der Waals surface area contributed by atoms with Crippen molar-refractivity contribution in [2.24, 2.45) is 12.8 Å². The molecule has 34 heavy (non-hydrogen) atoms. The first-order valence-corrected chi connectivity index (χ1v) is 10.7. The number of rotatable bonds is 8. The predicted octanol–water partition coefficient (Wildman–Crippen LogP) is 3.04. The summed E-state index contributed by atoms with van der Waals surface area (Å²) in [5.74, 6) is 0.499. The summed E-state index contributed by atoms with van der Waals surface area (Å²) < 4.78 is 14.5. The maximum absolute atomic E-state index is 12.9. The highest BCUT2D eigenvalue weighted by atomic mass is 16.5. The van der Waals surface area contributed by atoms with Crippen LogP contribution in [0.1, 0.15) is 39.0 Å². The van der Waals surface area contributed by atoms with E-state index in [1.165, 1.54) is 0 Å². The molecule has 2 aromatic carbocycles. The lowest BCUT2D eigenvalue weighted by molar-refractivity contribution is 0.0995. The number of carbonyl (C=O) groups is 2. The van der Waals surface area contributed by atoms with Crippen LogP contribution in [0.25, 0.3) is 11.0 Å². The molecule has 0 unspecified atom stereocenters. The third-order valence-corrected chi connectivity index (χ3v) is 5.45. The van der Waals surface area contributed by atoms with Gasteiger partial charge < -0.3 is 19.8 Å². The number of methoxy groups -OCH3 is 1. The molecule has 0 radical (unpaired) electrons. The lowest BCUT2D eigenvalue weighted by Crippen LogP contribution is -2.19. The molecule has 4 aromatic rings. The first-order valence-electron chi connectivity index (χ1n) is 10.7. The van der Waals surface area contributed by atoms with Gasteiger partial charge in [-0.05, 0) is 49.7 Å². The van der Waals surface area contributed by atoms with Gasteiger partial charge in [-0.25, -0.2) is 4.98 Å². The van der Waals surface area contributed by atoms with Crippen LogP contribution >= 0.6 is 0 Å². The Morgan fingerprint density at radius 3 is 2.53 bits per heavy atom. The minimum Gasteiger partial charge on any atom is -0.497 e. The van der Waals surface area contributed by atoms with E-state index < -0.39 is 5.91 Å². The summed E-state index contributed by atoms with van der Waals surface area (Å²) >= 11 is 0.